The average molecular weight is 353 g/mol. The number of rotatable bonds is 5. The smallest absolute Gasteiger partial charge is 0.226 e. The van der Waals surface area contributed by atoms with E-state index in [1.54, 1.807) is 0 Å². The maximum absolute atomic E-state index is 12.8. The van der Waals surface area contributed by atoms with E-state index >= 15 is 0 Å². The second kappa shape index (κ2) is 7.95. The summed E-state index contributed by atoms with van der Waals surface area (Å²) in [5, 5.41) is 3.31. The highest BCUT2D eigenvalue weighted by Crippen LogP contribution is 2.22. The van der Waals surface area contributed by atoms with Crippen molar-refractivity contribution in [1.82, 2.24) is 10.2 Å². The number of nitrogens with zero attached hydrogens (tertiary/aromatic N) is 1. The van der Waals surface area contributed by atoms with Crippen molar-refractivity contribution >= 4 is 21.8 Å². The van der Waals surface area contributed by atoms with Crippen LogP contribution in [0.15, 0.2) is 28.7 Å². The number of hydrogen-bond acceptors (Lipinski definition) is 2. The van der Waals surface area contributed by atoms with Gasteiger partial charge in [-0.3, -0.25) is 4.79 Å². The second-order valence-corrected chi connectivity index (χ2v) is 7.15. The van der Waals surface area contributed by atoms with Gasteiger partial charge in [0, 0.05) is 36.6 Å². The number of amides is 1. The Morgan fingerprint density at radius 2 is 2.05 bits per heavy atom. The highest BCUT2D eigenvalue weighted by molar-refractivity contribution is 9.10. The zero-order valence-corrected chi connectivity index (χ0v) is 14.5. The van der Waals surface area contributed by atoms with E-state index in [1.807, 2.05) is 17.0 Å². The van der Waals surface area contributed by atoms with E-state index in [1.165, 1.54) is 5.56 Å². The third kappa shape index (κ3) is 5.11. The maximum Gasteiger partial charge on any atom is 0.226 e. The van der Waals surface area contributed by atoms with Crippen molar-refractivity contribution < 1.29 is 4.79 Å². The topological polar surface area (TPSA) is 32.3 Å². The van der Waals surface area contributed by atoms with Crippen LogP contribution in [-0.2, 0) is 11.2 Å². The van der Waals surface area contributed by atoms with E-state index in [4.69, 9.17) is 0 Å². The minimum absolute atomic E-state index is 0.0948. The van der Waals surface area contributed by atoms with Crippen LogP contribution in [0.2, 0.25) is 0 Å². The average Bonchev–Trinajstić information content (AvgIpc) is 2.46. The molecule has 1 aromatic carbocycles. The Bertz CT molecular complexity index is 470. The quantitative estimate of drug-likeness (QED) is 0.882. The van der Waals surface area contributed by atoms with E-state index in [-0.39, 0.29) is 5.92 Å². The number of hydrogen-bond donors (Lipinski definition) is 1. The largest absolute Gasteiger partial charge is 0.340 e. The first kappa shape index (κ1) is 16.5. The molecule has 1 N–H and O–H groups in total. The van der Waals surface area contributed by atoms with Crippen molar-refractivity contribution in [2.75, 3.05) is 26.2 Å². The molecular formula is C17H25BrN2O. The second-order valence-electron chi connectivity index (χ2n) is 6.24. The summed E-state index contributed by atoms with van der Waals surface area (Å²) in [7, 11) is 0. The fraction of sp³-hybridized carbons (Fsp3) is 0.588. The summed E-state index contributed by atoms with van der Waals surface area (Å²) < 4.78 is 1.08. The highest BCUT2D eigenvalue weighted by Gasteiger charge is 2.26. The zero-order chi connectivity index (χ0) is 15.2. The Kier molecular flexibility index (Phi) is 6.24. The van der Waals surface area contributed by atoms with Crippen LogP contribution in [0.3, 0.4) is 0 Å². The van der Waals surface area contributed by atoms with Crippen LogP contribution in [0.1, 0.15) is 25.8 Å². The van der Waals surface area contributed by atoms with Crippen LogP contribution in [0, 0.1) is 11.8 Å². The normalized spacial score (nSPS) is 17.0. The van der Waals surface area contributed by atoms with Crippen LogP contribution in [-0.4, -0.2) is 37.0 Å². The minimum atomic E-state index is 0.0948. The molecule has 1 unspecified atom stereocenters. The third-order valence-corrected chi connectivity index (χ3v) is 4.40. The van der Waals surface area contributed by atoms with Crippen LogP contribution in [0.5, 0.6) is 0 Å². The van der Waals surface area contributed by atoms with Gasteiger partial charge in [-0.15, -0.1) is 0 Å². The van der Waals surface area contributed by atoms with Crippen molar-refractivity contribution in [3.8, 4) is 0 Å². The lowest BCUT2D eigenvalue weighted by Crippen LogP contribution is -2.48. The Hall–Kier alpha value is -0.870. The predicted molar refractivity (Wildman–Crippen MR) is 90.2 cm³/mol. The summed E-state index contributed by atoms with van der Waals surface area (Å²) in [6.07, 6.45) is 1.79. The van der Waals surface area contributed by atoms with E-state index in [0.717, 1.165) is 43.5 Å². The molecule has 0 aliphatic carbocycles. The third-order valence-electron chi connectivity index (χ3n) is 3.90. The number of carbonyl (C=O) groups is 1. The zero-order valence-electron chi connectivity index (χ0n) is 12.9. The number of halogens is 1. The SMILES string of the molecule is CC(C)CC(Cc1cccc(Br)c1)C(=O)N1CCNCC1. The fourth-order valence-corrected chi connectivity index (χ4v) is 3.38. The maximum atomic E-state index is 12.8. The van der Waals surface area contributed by atoms with Crippen molar-refractivity contribution in [3.05, 3.63) is 34.3 Å². The van der Waals surface area contributed by atoms with Crippen LogP contribution in [0.25, 0.3) is 0 Å². The number of benzene rings is 1. The Labute approximate surface area is 136 Å². The molecule has 4 heteroatoms. The molecular weight excluding hydrogens is 328 g/mol. The summed E-state index contributed by atoms with van der Waals surface area (Å²) in [5.41, 5.74) is 1.23. The molecule has 0 spiro atoms. The molecule has 21 heavy (non-hydrogen) atoms. The summed E-state index contributed by atoms with van der Waals surface area (Å²) in [6, 6.07) is 8.31. The van der Waals surface area contributed by atoms with E-state index in [9.17, 15) is 4.79 Å². The number of nitrogens with one attached hydrogen (secondary N) is 1. The fourth-order valence-electron chi connectivity index (χ4n) is 2.93. The molecule has 1 atom stereocenters. The summed E-state index contributed by atoms with van der Waals surface area (Å²) >= 11 is 3.51. The van der Waals surface area contributed by atoms with E-state index in [2.05, 4.69) is 47.2 Å². The molecule has 1 aliphatic rings. The van der Waals surface area contributed by atoms with Gasteiger partial charge >= 0.3 is 0 Å². The van der Waals surface area contributed by atoms with Gasteiger partial charge < -0.3 is 10.2 Å². The van der Waals surface area contributed by atoms with Gasteiger partial charge in [-0.05, 0) is 36.5 Å². The molecule has 1 aromatic rings. The molecule has 116 valence electrons. The summed E-state index contributed by atoms with van der Waals surface area (Å²) in [5.74, 6) is 0.955. The first-order valence-electron chi connectivity index (χ1n) is 7.80. The van der Waals surface area contributed by atoms with Crippen LogP contribution in [0.4, 0.5) is 0 Å². The molecule has 3 nitrogen and oxygen atoms in total. The number of piperazine rings is 1. The molecule has 0 bridgehead atoms. The molecule has 1 saturated heterocycles. The van der Waals surface area contributed by atoms with Gasteiger partial charge in [0.2, 0.25) is 5.91 Å². The van der Waals surface area contributed by atoms with E-state index < -0.39 is 0 Å². The highest BCUT2D eigenvalue weighted by atomic mass is 79.9. The molecule has 1 heterocycles. The van der Waals surface area contributed by atoms with Crippen molar-refractivity contribution in [3.63, 3.8) is 0 Å². The van der Waals surface area contributed by atoms with Crippen molar-refractivity contribution in [1.29, 1.82) is 0 Å². The van der Waals surface area contributed by atoms with Gasteiger partial charge in [0.25, 0.3) is 0 Å². The molecule has 1 fully saturated rings. The minimum Gasteiger partial charge on any atom is -0.340 e. The van der Waals surface area contributed by atoms with E-state index in [0.29, 0.717) is 11.8 Å². The molecule has 2 rings (SSSR count). The Morgan fingerprint density at radius 3 is 2.67 bits per heavy atom. The lowest BCUT2D eigenvalue weighted by Gasteiger charge is -2.31. The van der Waals surface area contributed by atoms with Crippen molar-refractivity contribution in [2.45, 2.75) is 26.7 Å². The molecule has 0 saturated carbocycles. The Balaban J connectivity index is 2.07. The predicted octanol–water partition coefficient (Wildman–Crippen LogP) is 3.09. The first-order chi connectivity index (χ1) is 10.1. The lowest BCUT2D eigenvalue weighted by atomic mass is 9.89. The van der Waals surface area contributed by atoms with Crippen LogP contribution < -0.4 is 5.32 Å². The first-order valence-corrected chi connectivity index (χ1v) is 8.59. The van der Waals surface area contributed by atoms with Gasteiger partial charge in [0.1, 0.15) is 0 Å². The molecule has 0 aromatic heterocycles. The number of carbonyl (C=O) groups excluding carboxylic acids is 1. The lowest BCUT2D eigenvalue weighted by molar-refractivity contribution is -0.136. The summed E-state index contributed by atoms with van der Waals surface area (Å²) in [6.45, 7) is 7.89. The summed E-state index contributed by atoms with van der Waals surface area (Å²) in [4.78, 5) is 14.8. The van der Waals surface area contributed by atoms with Gasteiger partial charge in [-0.25, -0.2) is 0 Å². The van der Waals surface area contributed by atoms with Crippen molar-refractivity contribution in [2.24, 2.45) is 11.8 Å². The standard InChI is InChI=1S/C17H25BrN2O/c1-13(2)10-15(11-14-4-3-5-16(18)12-14)17(21)20-8-6-19-7-9-20/h3-5,12-13,15,19H,6-11H2,1-2H3. The molecule has 1 amide bonds. The van der Waals surface area contributed by atoms with Gasteiger partial charge in [0.05, 0.1) is 0 Å². The van der Waals surface area contributed by atoms with Gasteiger partial charge in [0.15, 0.2) is 0 Å². The Morgan fingerprint density at radius 1 is 1.33 bits per heavy atom. The molecule has 0 radical (unpaired) electrons. The molecule has 1 aliphatic heterocycles. The van der Waals surface area contributed by atoms with Gasteiger partial charge in [-0.1, -0.05) is 41.9 Å². The van der Waals surface area contributed by atoms with Crippen LogP contribution >= 0.6 is 15.9 Å². The monoisotopic (exact) mass is 352 g/mol. The van der Waals surface area contributed by atoms with Gasteiger partial charge in [-0.2, -0.15) is 0 Å².